The van der Waals surface area contributed by atoms with Crippen molar-refractivity contribution >= 4 is 0 Å². The summed E-state index contributed by atoms with van der Waals surface area (Å²) in [6, 6.07) is 5.91. The lowest BCUT2D eigenvalue weighted by atomic mass is 10.2. The van der Waals surface area contributed by atoms with Gasteiger partial charge in [-0.3, -0.25) is 0 Å². The molecule has 94 valence electrons. The van der Waals surface area contributed by atoms with Gasteiger partial charge in [0.15, 0.2) is 11.5 Å². The molecule has 0 aliphatic heterocycles. The van der Waals surface area contributed by atoms with Crippen molar-refractivity contribution in [2.45, 2.75) is 20.4 Å². The second-order valence-electron chi connectivity index (χ2n) is 4.07. The summed E-state index contributed by atoms with van der Waals surface area (Å²) in [6.45, 7) is 5.81. The minimum atomic E-state index is 0.768. The van der Waals surface area contributed by atoms with Crippen LogP contribution in [-0.2, 0) is 6.54 Å². The summed E-state index contributed by atoms with van der Waals surface area (Å²) in [5.74, 6) is 1.58. The topological polar surface area (TPSA) is 30.5 Å². The first-order valence-electron chi connectivity index (χ1n) is 5.73. The molecular weight excluding hydrogens is 214 g/mol. The predicted molar refractivity (Wildman–Crippen MR) is 70.7 cm³/mol. The van der Waals surface area contributed by atoms with Crippen molar-refractivity contribution in [2.24, 2.45) is 0 Å². The molecule has 1 rings (SSSR count). The number of nitrogens with one attached hydrogen (secondary N) is 1. The van der Waals surface area contributed by atoms with E-state index in [1.165, 1.54) is 5.57 Å². The first-order valence-corrected chi connectivity index (χ1v) is 5.73. The molecule has 0 aliphatic carbocycles. The third-order valence-corrected chi connectivity index (χ3v) is 2.45. The van der Waals surface area contributed by atoms with Gasteiger partial charge in [-0.15, -0.1) is 0 Å². The normalized spacial score (nSPS) is 9.88. The predicted octanol–water partition coefficient (Wildman–Crippen LogP) is 2.76. The molecule has 17 heavy (non-hydrogen) atoms. The quantitative estimate of drug-likeness (QED) is 0.607. The standard InChI is InChI=1S/C14H21NO2/c1-11(2)8-9-15-10-12-6-5-7-13(16-3)14(12)17-4/h5-8,15H,9-10H2,1-4H3. The fraction of sp³-hybridized carbons (Fsp3) is 0.429. The Kier molecular flexibility index (Phi) is 5.57. The van der Waals surface area contributed by atoms with Crippen LogP contribution in [0.3, 0.4) is 0 Å². The Morgan fingerprint density at radius 3 is 2.59 bits per heavy atom. The van der Waals surface area contributed by atoms with Crippen LogP contribution >= 0.6 is 0 Å². The molecule has 0 aromatic heterocycles. The van der Waals surface area contributed by atoms with Crippen LogP contribution in [0.25, 0.3) is 0 Å². The highest BCUT2D eigenvalue weighted by molar-refractivity contribution is 5.46. The zero-order chi connectivity index (χ0) is 12.7. The van der Waals surface area contributed by atoms with Crippen molar-refractivity contribution in [3.63, 3.8) is 0 Å². The molecule has 3 heteroatoms. The SMILES string of the molecule is COc1cccc(CNCC=C(C)C)c1OC. The molecule has 0 aliphatic rings. The minimum absolute atomic E-state index is 0.768. The van der Waals surface area contributed by atoms with E-state index in [-0.39, 0.29) is 0 Å². The van der Waals surface area contributed by atoms with Gasteiger partial charge in [-0.2, -0.15) is 0 Å². The van der Waals surface area contributed by atoms with E-state index in [0.29, 0.717) is 0 Å². The molecule has 3 nitrogen and oxygen atoms in total. The lowest BCUT2D eigenvalue weighted by molar-refractivity contribution is 0.351. The molecule has 0 fully saturated rings. The molecule has 0 bridgehead atoms. The fourth-order valence-electron chi connectivity index (χ4n) is 1.58. The maximum atomic E-state index is 5.37. The Labute approximate surface area is 103 Å². The molecule has 0 radical (unpaired) electrons. The van der Waals surface area contributed by atoms with Crippen molar-refractivity contribution in [3.05, 3.63) is 35.4 Å². The molecule has 1 aromatic carbocycles. The van der Waals surface area contributed by atoms with Crippen LogP contribution in [-0.4, -0.2) is 20.8 Å². The fourth-order valence-corrected chi connectivity index (χ4v) is 1.58. The van der Waals surface area contributed by atoms with Crippen molar-refractivity contribution in [1.29, 1.82) is 0 Å². The number of hydrogen-bond donors (Lipinski definition) is 1. The maximum Gasteiger partial charge on any atom is 0.165 e. The molecule has 0 saturated heterocycles. The van der Waals surface area contributed by atoms with Crippen LogP contribution in [0.1, 0.15) is 19.4 Å². The third-order valence-electron chi connectivity index (χ3n) is 2.45. The smallest absolute Gasteiger partial charge is 0.165 e. The van der Waals surface area contributed by atoms with Crippen LogP contribution in [0.4, 0.5) is 0 Å². The molecule has 0 saturated carbocycles. The lowest BCUT2D eigenvalue weighted by Gasteiger charge is -2.12. The van der Waals surface area contributed by atoms with Gasteiger partial charge >= 0.3 is 0 Å². The highest BCUT2D eigenvalue weighted by Crippen LogP contribution is 2.30. The Morgan fingerprint density at radius 2 is 2.00 bits per heavy atom. The molecule has 0 heterocycles. The van der Waals surface area contributed by atoms with Crippen LogP contribution < -0.4 is 14.8 Å². The number of para-hydroxylation sites is 1. The van der Waals surface area contributed by atoms with Crippen LogP contribution in [0.5, 0.6) is 11.5 Å². The number of benzene rings is 1. The van der Waals surface area contributed by atoms with Crippen LogP contribution in [0.2, 0.25) is 0 Å². The van der Waals surface area contributed by atoms with Crippen molar-refractivity contribution < 1.29 is 9.47 Å². The van der Waals surface area contributed by atoms with Gasteiger partial charge in [-0.25, -0.2) is 0 Å². The van der Waals surface area contributed by atoms with E-state index in [1.807, 2.05) is 18.2 Å². The zero-order valence-corrected chi connectivity index (χ0v) is 11.0. The first kappa shape index (κ1) is 13.6. The molecule has 1 aromatic rings. The van der Waals surface area contributed by atoms with Gasteiger partial charge in [0, 0.05) is 18.7 Å². The Balaban J connectivity index is 2.67. The number of ether oxygens (including phenoxy) is 2. The highest BCUT2D eigenvalue weighted by Gasteiger charge is 2.08. The number of allylic oxidation sites excluding steroid dienone is 1. The van der Waals surface area contributed by atoms with E-state index in [9.17, 15) is 0 Å². The van der Waals surface area contributed by atoms with Crippen molar-refractivity contribution in [1.82, 2.24) is 5.32 Å². The average molecular weight is 235 g/mol. The second-order valence-corrected chi connectivity index (χ2v) is 4.07. The molecule has 0 unspecified atom stereocenters. The Bertz CT molecular complexity index is 382. The second kappa shape index (κ2) is 6.97. The largest absolute Gasteiger partial charge is 0.493 e. The van der Waals surface area contributed by atoms with Gasteiger partial charge in [-0.1, -0.05) is 23.8 Å². The summed E-state index contributed by atoms with van der Waals surface area (Å²) < 4.78 is 10.6. The number of rotatable bonds is 6. The van der Waals surface area contributed by atoms with E-state index >= 15 is 0 Å². The summed E-state index contributed by atoms with van der Waals surface area (Å²) in [6.07, 6.45) is 2.16. The van der Waals surface area contributed by atoms with Gasteiger partial charge in [0.2, 0.25) is 0 Å². The molecule has 1 N–H and O–H groups in total. The molecule has 0 atom stereocenters. The molecule has 0 spiro atoms. The van der Waals surface area contributed by atoms with Crippen LogP contribution in [0, 0.1) is 0 Å². The Morgan fingerprint density at radius 1 is 1.24 bits per heavy atom. The van der Waals surface area contributed by atoms with E-state index in [1.54, 1.807) is 14.2 Å². The van der Waals surface area contributed by atoms with Crippen LogP contribution in [0.15, 0.2) is 29.8 Å². The van der Waals surface area contributed by atoms with Gasteiger partial charge in [0.1, 0.15) is 0 Å². The van der Waals surface area contributed by atoms with E-state index in [4.69, 9.17) is 9.47 Å². The highest BCUT2D eigenvalue weighted by atomic mass is 16.5. The Hall–Kier alpha value is -1.48. The summed E-state index contributed by atoms with van der Waals surface area (Å²) in [5.41, 5.74) is 2.42. The lowest BCUT2D eigenvalue weighted by Crippen LogP contribution is -2.14. The summed E-state index contributed by atoms with van der Waals surface area (Å²) in [5, 5.41) is 3.35. The third kappa shape index (κ3) is 4.11. The zero-order valence-electron chi connectivity index (χ0n) is 11.0. The maximum absolute atomic E-state index is 5.37. The van der Waals surface area contributed by atoms with Crippen molar-refractivity contribution in [2.75, 3.05) is 20.8 Å². The molecular formula is C14H21NO2. The first-order chi connectivity index (χ1) is 8.19. The van der Waals surface area contributed by atoms with E-state index in [0.717, 1.165) is 30.2 Å². The molecule has 0 amide bonds. The number of methoxy groups -OCH3 is 2. The summed E-state index contributed by atoms with van der Waals surface area (Å²) in [7, 11) is 3.32. The minimum Gasteiger partial charge on any atom is -0.493 e. The summed E-state index contributed by atoms with van der Waals surface area (Å²) in [4.78, 5) is 0. The van der Waals surface area contributed by atoms with Gasteiger partial charge in [-0.05, 0) is 19.9 Å². The van der Waals surface area contributed by atoms with E-state index in [2.05, 4.69) is 25.2 Å². The van der Waals surface area contributed by atoms with Crippen molar-refractivity contribution in [3.8, 4) is 11.5 Å². The summed E-state index contributed by atoms with van der Waals surface area (Å²) >= 11 is 0. The number of hydrogen-bond acceptors (Lipinski definition) is 3. The average Bonchev–Trinajstić information content (AvgIpc) is 2.33. The van der Waals surface area contributed by atoms with Gasteiger partial charge in [0.05, 0.1) is 14.2 Å². The van der Waals surface area contributed by atoms with Gasteiger partial charge < -0.3 is 14.8 Å². The van der Waals surface area contributed by atoms with Gasteiger partial charge in [0.25, 0.3) is 0 Å². The monoisotopic (exact) mass is 235 g/mol. The van der Waals surface area contributed by atoms with E-state index < -0.39 is 0 Å².